The van der Waals surface area contributed by atoms with Crippen LogP contribution in [0.5, 0.6) is 0 Å². The molecule has 0 aliphatic heterocycles. The van der Waals surface area contributed by atoms with Crippen LogP contribution < -0.4 is 10.0 Å². The minimum Gasteiger partial charge on any atom is -0.352 e. The first-order valence-corrected chi connectivity index (χ1v) is 10.7. The molecule has 144 valence electrons. The molecule has 6 nitrogen and oxygen atoms in total. The lowest BCUT2D eigenvalue weighted by Crippen LogP contribution is -2.26. The lowest BCUT2D eigenvalue weighted by Gasteiger charge is -2.08. The van der Waals surface area contributed by atoms with Crippen LogP contribution in [0.1, 0.15) is 68.6 Å². The van der Waals surface area contributed by atoms with E-state index in [0.29, 0.717) is 12.1 Å². The standard InChI is InChI=1S/C19H29N3O3S/c1-2-3-4-5-6-7-8-15-21-19(23)17-10-12-18(13-11-17)26(24,25)22-16-9-14-20/h10-13,22H,2-9,15-16H2,1H3,(H,21,23). The van der Waals surface area contributed by atoms with E-state index in [2.05, 4.69) is 17.0 Å². The van der Waals surface area contributed by atoms with Gasteiger partial charge in [-0.3, -0.25) is 4.79 Å². The van der Waals surface area contributed by atoms with Gasteiger partial charge in [-0.15, -0.1) is 0 Å². The molecular weight excluding hydrogens is 350 g/mol. The number of sulfonamides is 1. The van der Waals surface area contributed by atoms with Crippen molar-refractivity contribution >= 4 is 15.9 Å². The SMILES string of the molecule is CCCCCCCCCNC(=O)c1ccc(S(=O)(=O)NCCC#N)cc1. The van der Waals surface area contributed by atoms with Gasteiger partial charge in [-0.2, -0.15) is 5.26 Å². The molecule has 0 saturated carbocycles. The third-order valence-electron chi connectivity index (χ3n) is 4.02. The number of nitrogens with one attached hydrogen (secondary N) is 2. The van der Waals surface area contributed by atoms with Gasteiger partial charge in [0, 0.05) is 25.1 Å². The summed E-state index contributed by atoms with van der Waals surface area (Å²) in [4.78, 5) is 12.2. The molecule has 26 heavy (non-hydrogen) atoms. The number of nitriles is 1. The Balaban J connectivity index is 2.36. The third kappa shape index (κ3) is 8.45. The summed E-state index contributed by atoms with van der Waals surface area (Å²) in [7, 11) is -3.64. The molecule has 0 fully saturated rings. The molecule has 1 rings (SSSR count). The first-order valence-electron chi connectivity index (χ1n) is 9.26. The highest BCUT2D eigenvalue weighted by molar-refractivity contribution is 7.89. The molecule has 1 aromatic rings. The fourth-order valence-corrected chi connectivity index (χ4v) is 3.53. The number of hydrogen-bond acceptors (Lipinski definition) is 4. The van der Waals surface area contributed by atoms with E-state index in [1.807, 2.05) is 6.07 Å². The number of benzene rings is 1. The summed E-state index contributed by atoms with van der Waals surface area (Å²) >= 11 is 0. The zero-order valence-corrected chi connectivity index (χ0v) is 16.3. The normalized spacial score (nSPS) is 11.1. The van der Waals surface area contributed by atoms with Crippen molar-refractivity contribution in [3.63, 3.8) is 0 Å². The Bertz CT molecular complexity index is 679. The second-order valence-electron chi connectivity index (χ2n) is 6.21. The van der Waals surface area contributed by atoms with Crippen molar-refractivity contribution < 1.29 is 13.2 Å². The lowest BCUT2D eigenvalue weighted by atomic mass is 10.1. The van der Waals surface area contributed by atoms with Crippen molar-refractivity contribution in [2.75, 3.05) is 13.1 Å². The van der Waals surface area contributed by atoms with Crippen LogP contribution in [0.25, 0.3) is 0 Å². The Labute approximate surface area is 157 Å². The maximum absolute atomic E-state index is 12.1. The minimum absolute atomic E-state index is 0.0690. The lowest BCUT2D eigenvalue weighted by molar-refractivity contribution is 0.0953. The molecular formula is C19H29N3O3S. The van der Waals surface area contributed by atoms with Crippen molar-refractivity contribution in [3.05, 3.63) is 29.8 Å². The zero-order valence-electron chi connectivity index (χ0n) is 15.5. The van der Waals surface area contributed by atoms with E-state index in [-0.39, 0.29) is 23.8 Å². The number of rotatable bonds is 13. The molecule has 0 heterocycles. The summed E-state index contributed by atoms with van der Waals surface area (Å²) in [6.45, 7) is 2.89. The fraction of sp³-hybridized carbons (Fsp3) is 0.579. The Morgan fingerprint density at radius 2 is 1.62 bits per heavy atom. The van der Waals surface area contributed by atoms with Gasteiger partial charge in [0.05, 0.1) is 11.0 Å². The molecule has 0 aliphatic rings. The van der Waals surface area contributed by atoms with Crippen LogP contribution in [0.2, 0.25) is 0 Å². The summed E-state index contributed by atoms with van der Waals surface area (Å²) in [5, 5.41) is 11.3. The van der Waals surface area contributed by atoms with Crippen molar-refractivity contribution in [3.8, 4) is 6.07 Å². The van der Waals surface area contributed by atoms with Crippen LogP contribution in [0.3, 0.4) is 0 Å². The summed E-state index contributed by atoms with van der Waals surface area (Å²) in [6.07, 6.45) is 8.42. The highest BCUT2D eigenvalue weighted by atomic mass is 32.2. The summed E-state index contributed by atoms with van der Waals surface area (Å²) in [5.74, 6) is -0.197. The van der Waals surface area contributed by atoms with Crippen molar-refractivity contribution in [1.29, 1.82) is 5.26 Å². The fourth-order valence-electron chi connectivity index (χ4n) is 2.50. The van der Waals surface area contributed by atoms with Crippen molar-refractivity contribution in [1.82, 2.24) is 10.0 Å². The smallest absolute Gasteiger partial charge is 0.251 e. The van der Waals surface area contributed by atoms with E-state index < -0.39 is 10.0 Å². The molecule has 2 N–H and O–H groups in total. The second-order valence-corrected chi connectivity index (χ2v) is 7.97. The maximum Gasteiger partial charge on any atom is 0.251 e. The molecule has 0 unspecified atom stereocenters. The summed E-state index contributed by atoms with van der Waals surface area (Å²) < 4.78 is 26.4. The average molecular weight is 380 g/mol. The molecule has 0 spiro atoms. The van der Waals surface area contributed by atoms with Crippen molar-refractivity contribution in [2.24, 2.45) is 0 Å². The topological polar surface area (TPSA) is 99.1 Å². The average Bonchev–Trinajstić information content (AvgIpc) is 2.64. The van der Waals surface area contributed by atoms with E-state index in [0.717, 1.165) is 12.8 Å². The van der Waals surface area contributed by atoms with E-state index in [9.17, 15) is 13.2 Å². The number of carbonyl (C=O) groups is 1. The molecule has 1 aromatic carbocycles. The second kappa shape index (κ2) is 12.4. The quantitative estimate of drug-likeness (QED) is 0.513. The monoisotopic (exact) mass is 379 g/mol. The van der Waals surface area contributed by atoms with E-state index in [4.69, 9.17) is 5.26 Å². The van der Waals surface area contributed by atoms with Gasteiger partial charge in [0.25, 0.3) is 5.91 Å². The minimum atomic E-state index is -3.64. The van der Waals surface area contributed by atoms with E-state index >= 15 is 0 Å². The molecule has 1 amide bonds. The van der Waals surface area contributed by atoms with E-state index in [1.165, 1.54) is 56.4 Å². The highest BCUT2D eigenvalue weighted by Gasteiger charge is 2.14. The van der Waals surface area contributed by atoms with Gasteiger partial charge in [0.1, 0.15) is 0 Å². The van der Waals surface area contributed by atoms with Gasteiger partial charge in [-0.1, -0.05) is 45.4 Å². The number of hydrogen-bond donors (Lipinski definition) is 2. The molecule has 0 atom stereocenters. The molecule has 0 saturated heterocycles. The highest BCUT2D eigenvalue weighted by Crippen LogP contribution is 2.11. The predicted octanol–water partition coefficient (Wildman–Crippen LogP) is 3.36. The van der Waals surface area contributed by atoms with E-state index in [1.54, 1.807) is 0 Å². The number of carbonyl (C=O) groups excluding carboxylic acids is 1. The predicted molar refractivity (Wildman–Crippen MR) is 102 cm³/mol. The molecule has 0 aromatic heterocycles. The van der Waals surface area contributed by atoms with Crippen molar-refractivity contribution in [2.45, 2.75) is 63.2 Å². The Morgan fingerprint density at radius 3 is 2.23 bits per heavy atom. The van der Waals surface area contributed by atoms with Crippen LogP contribution in [0.15, 0.2) is 29.2 Å². The molecule has 7 heteroatoms. The largest absolute Gasteiger partial charge is 0.352 e. The maximum atomic E-state index is 12.1. The van der Waals surface area contributed by atoms with Gasteiger partial charge in [0.15, 0.2) is 0 Å². The summed E-state index contributed by atoms with van der Waals surface area (Å²) in [6, 6.07) is 7.68. The van der Waals surface area contributed by atoms with Gasteiger partial charge in [-0.25, -0.2) is 13.1 Å². The van der Waals surface area contributed by atoms with Crippen LogP contribution in [0.4, 0.5) is 0 Å². The first-order chi connectivity index (χ1) is 12.5. The molecule has 0 bridgehead atoms. The number of nitrogens with zero attached hydrogens (tertiary/aromatic N) is 1. The van der Waals surface area contributed by atoms with Gasteiger partial charge < -0.3 is 5.32 Å². The number of amides is 1. The third-order valence-corrected chi connectivity index (χ3v) is 5.50. The Morgan fingerprint density at radius 1 is 1.00 bits per heavy atom. The van der Waals surface area contributed by atoms with Crippen LogP contribution in [0, 0.1) is 11.3 Å². The van der Waals surface area contributed by atoms with Crippen LogP contribution >= 0.6 is 0 Å². The first kappa shape index (κ1) is 22.1. The molecule has 0 aliphatic carbocycles. The molecule has 0 radical (unpaired) electrons. The van der Waals surface area contributed by atoms with Gasteiger partial charge >= 0.3 is 0 Å². The number of unbranched alkanes of at least 4 members (excludes halogenated alkanes) is 6. The zero-order chi connectivity index (χ0) is 19.3. The van der Waals surface area contributed by atoms with Crippen LogP contribution in [-0.4, -0.2) is 27.4 Å². The van der Waals surface area contributed by atoms with Gasteiger partial charge in [-0.05, 0) is 30.7 Å². The van der Waals surface area contributed by atoms with Crippen LogP contribution in [-0.2, 0) is 10.0 Å². The Hall–Kier alpha value is -1.91. The Kier molecular flexibility index (Phi) is 10.6. The van der Waals surface area contributed by atoms with Gasteiger partial charge in [0.2, 0.25) is 10.0 Å². The summed E-state index contributed by atoms with van der Waals surface area (Å²) in [5.41, 5.74) is 0.434.